The monoisotopic (exact) mass is 278 g/mol. The third-order valence-corrected chi connectivity index (χ3v) is 3.61. The summed E-state index contributed by atoms with van der Waals surface area (Å²) in [6.07, 6.45) is 2.16. The molecular formula is C14H18N2O2S. The SMILES string of the molecule is CC1CCCN1C(=O)COc1ccc(C(N)=S)cc1. The molecule has 1 aromatic carbocycles. The molecule has 1 fully saturated rings. The number of hydrogen-bond acceptors (Lipinski definition) is 3. The van der Waals surface area contributed by atoms with E-state index in [1.807, 2.05) is 4.90 Å². The molecule has 4 nitrogen and oxygen atoms in total. The number of thiocarbonyl (C=S) groups is 1. The normalized spacial score (nSPS) is 18.4. The van der Waals surface area contributed by atoms with Gasteiger partial charge >= 0.3 is 0 Å². The van der Waals surface area contributed by atoms with Crippen LogP contribution in [0.15, 0.2) is 24.3 Å². The Kier molecular flexibility index (Phi) is 4.37. The summed E-state index contributed by atoms with van der Waals surface area (Å²) in [5, 5.41) is 0. The van der Waals surface area contributed by atoms with Gasteiger partial charge in [-0.1, -0.05) is 12.2 Å². The van der Waals surface area contributed by atoms with E-state index in [4.69, 9.17) is 22.7 Å². The van der Waals surface area contributed by atoms with E-state index in [1.54, 1.807) is 24.3 Å². The lowest BCUT2D eigenvalue weighted by atomic mass is 10.2. The predicted molar refractivity (Wildman–Crippen MR) is 78.2 cm³/mol. The second kappa shape index (κ2) is 6.02. The van der Waals surface area contributed by atoms with Gasteiger partial charge in [-0.05, 0) is 44.0 Å². The molecule has 0 aliphatic carbocycles. The second-order valence-corrected chi connectivity index (χ2v) is 5.20. The Hall–Kier alpha value is -1.62. The molecule has 1 aliphatic rings. The summed E-state index contributed by atoms with van der Waals surface area (Å²) in [4.78, 5) is 14.2. The number of nitrogens with two attached hydrogens (primary N) is 1. The molecule has 102 valence electrons. The Morgan fingerprint density at radius 2 is 2.16 bits per heavy atom. The third-order valence-electron chi connectivity index (χ3n) is 3.37. The molecule has 0 spiro atoms. The lowest BCUT2D eigenvalue weighted by molar-refractivity contribution is -0.133. The number of hydrogen-bond donors (Lipinski definition) is 1. The molecule has 19 heavy (non-hydrogen) atoms. The molecule has 1 amide bonds. The first-order valence-electron chi connectivity index (χ1n) is 6.40. The Labute approximate surface area is 118 Å². The average molecular weight is 278 g/mol. The number of rotatable bonds is 4. The van der Waals surface area contributed by atoms with Gasteiger partial charge in [-0.2, -0.15) is 0 Å². The average Bonchev–Trinajstić information content (AvgIpc) is 2.83. The van der Waals surface area contributed by atoms with Crippen LogP contribution < -0.4 is 10.5 Å². The topological polar surface area (TPSA) is 55.6 Å². The van der Waals surface area contributed by atoms with E-state index in [9.17, 15) is 4.79 Å². The minimum Gasteiger partial charge on any atom is -0.484 e. The van der Waals surface area contributed by atoms with Gasteiger partial charge in [-0.25, -0.2) is 0 Å². The van der Waals surface area contributed by atoms with Crippen LogP contribution in [0.3, 0.4) is 0 Å². The van der Waals surface area contributed by atoms with Crippen molar-refractivity contribution in [3.8, 4) is 5.75 Å². The molecule has 0 saturated carbocycles. The number of carbonyl (C=O) groups is 1. The molecule has 1 aromatic rings. The number of benzene rings is 1. The van der Waals surface area contributed by atoms with Crippen LogP contribution in [0.5, 0.6) is 5.75 Å². The minimum absolute atomic E-state index is 0.0448. The first-order chi connectivity index (χ1) is 9.08. The van der Waals surface area contributed by atoms with Gasteiger partial charge in [0.05, 0.1) is 0 Å². The Morgan fingerprint density at radius 1 is 1.47 bits per heavy atom. The van der Waals surface area contributed by atoms with Gasteiger partial charge in [-0.3, -0.25) is 4.79 Å². The van der Waals surface area contributed by atoms with Gasteiger partial charge < -0.3 is 15.4 Å². The van der Waals surface area contributed by atoms with Crippen molar-refractivity contribution in [1.82, 2.24) is 4.90 Å². The highest BCUT2D eigenvalue weighted by atomic mass is 32.1. The summed E-state index contributed by atoms with van der Waals surface area (Å²) in [5.74, 6) is 0.698. The van der Waals surface area contributed by atoms with Gasteiger partial charge in [-0.15, -0.1) is 0 Å². The molecular weight excluding hydrogens is 260 g/mol. The van der Waals surface area contributed by atoms with E-state index in [0.717, 1.165) is 24.9 Å². The van der Waals surface area contributed by atoms with Gasteiger partial charge in [0.25, 0.3) is 5.91 Å². The first kappa shape index (κ1) is 13.8. The van der Waals surface area contributed by atoms with Crippen molar-refractivity contribution in [2.75, 3.05) is 13.2 Å². The highest BCUT2D eigenvalue weighted by molar-refractivity contribution is 7.80. The van der Waals surface area contributed by atoms with E-state index in [1.165, 1.54) is 0 Å². The molecule has 2 rings (SSSR count). The highest BCUT2D eigenvalue weighted by Gasteiger charge is 2.25. The summed E-state index contributed by atoms with van der Waals surface area (Å²) in [5.41, 5.74) is 6.31. The van der Waals surface area contributed by atoms with Crippen molar-refractivity contribution in [1.29, 1.82) is 0 Å². The highest BCUT2D eigenvalue weighted by Crippen LogP contribution is 2.17. The smallest absolute Gasteiger partial charge is 0.260 e. The van der Waals surface area contributed by atoms with Crippen molar-refractivity contribution in [3.05, 3.63) is 29.8 Å². The number of carbonyl (C=O) groups excluding carboxylic acids is 1. The standard InChI is InChI=1S/C14H18N2O2S/c1-10-3-2-8-16(10)13(17)9-18-12-6-4-11(5-7-12)14(15)19/h4-7,10H,2-3,8-9H2,1H3,(H2,15,19). The van der Waals surface area contributed by atoms with Crippen LogP contribution in [0.1, 0.15) is 25.3 Å². The van der Waals surface area contributed by atoms with Crippen molar-refractivity contribution in [2.45, 2.75) is 25.8 Å². The number of likely N-dealkylation sites (tertiary alicyclic amines) is 1. The zero-order valence-corrected chi connectivity index (χ0v) is 11.8. The quantitative estimate of drug-likeness (QED) is 0.852. The maximum atomic E-state index is 12.0. The van der Waals surface area contributed by atoms with Gasteiger partial charge in [0, 0.05) is 18.2 Å². The largest absolute Gasteiger partial charge is 0.484 e. The fourth-order valence-corrected chi connectivity index (χ4v) is 2.38. The van der Waals surface area contributed by atoms with Crippen LogP contribution >= 0.6 is 12.2 Å². The third kappa shape index (κ3) is 3.44. The lowest BCUT2D eigenvalue weighted by Crippen LogP contribution is -2.37. The number of nitrogens with zero attached hydrogens (tertiary/aromatic N) is 1. The van der Waals surface area contributed by atoms with Crippen LogP contribution in [-0.2, 0) is 4.79 Å². The van der Waals surface area contributed by atoms with E-state index < -0.39 is 0 Å². The molecule has 0 bridgehead atoms. The predicted octanol–water partition coefficient (Wildman–Crippen LogP) is 1.71. The summed E-state index contributed by atoms with van der Waals surface area (Å²) >= 11 is 4.87. The molecule has 1 saturated heterocycles. The van der Waals surface area contributed by atoms with Crippen molar-refractivity contribution >= 4 is 23.1 Å². The second-order valence-electron chi connectivity index (χ2n) is 4.76. The first-order valence-corrected chi connectivity index (χ1v) is 6.81. The Bertz CT molecular complexity index is 473. The zero-order chi connectivity index (χ0) is 13.8. The van der Waals surface area contributed by atoms with E-state index >= 15 is 0 Å². The summed E-state index contributed by atoms with van der Waals surface area (Å²) < 4.78 is 5.49. The number of amides is 1. The maximum Gasteiger partial charge on any atom is 0.260 e. The Balaban J connectivity index is 1.88. The van der Waals surface area contributed by atoms with Crippen molar-refractivity contribution < 1.29 is 9.53 Å². The van der Waals surface area contributed by atoms with Crippen LogP contribution in [-0.4, -0.2) is 35.0 Å². The van der Waals surface area contributed by atoms with E-state index in [-0.39, 0.29) is 12.5 Å². The molecule has 0 radical (unpaired) electrons. The molecule has 1 unspecified atom stereocenters. The summed E-state index contributed by atoms with van der Waals surface area (Å²) in [6, 6.07) is 7.46. The van der Waals surface area contributed by atoms with Crippen LogP contribution in [0.4, 0.5) is 0 Å². The summed E-state index contributed by atoms with van der Waals surface area (Å²) in [6.45, 7) is 2.99. The van der Waals surface area contributed by atoms with Gasteiger partial charge in [0.15, 0.2) is 6.61 Å². The molecule has 5 heteroatoms. The van der Waals surface area contributed by atoms with Crippen molar-refractivity contribution in [2.24, 2.45) is 5.73 Å². The van der Waals surface area contributed by atoms with E-state index in [0.29, 0.717) is 16.8 Å². The lowest BCUT2D eigenvalue weighted by Gasteiger charge is -2.21. The summed E-state index contributed by atoms with van der Waals surface area (Å²) in [7, 11) is 0. The molecule has 1 aliphatic heterocycles. The van der Waals surface area contributed by atoms with Crippen LogP contribution in [0.25, 0.3) is 0 Å². The molecule has 1 atom stereocenters. The van der Waals surface area contributed by atoms with Crippen molar-refractivity contribution in [3.63, 3.8) is 0 Å². The minimum atomic E-state index is 0.0448. The fourth-order valence-electron chi connectivity index (χ4n) is 2.25. The van der Waals surface area contributed by atoms with Crippen LogP contribution in [0, 0.1) is 0 Å². The molecule has 1 heterocycles. The maximum absolute atomic E-state index is 12.0. The number of ether oxygens (including phenoxy) is 1. The Morgan fingerprint density at radius 3 is 2.68 bits per heavy atom. The van der Waals surface area contributed by atoms with Crippen LogP contribution in [0.2, 0.25) is 0 Å². The molecule has 0 aromatic heterocycles. The van der Waals surface area contributed by atoms with Gasteiger partial charge in [0.1, 0.15) is 10.7 Å². The fraction of sp³-hybridized carbons (Fsp3) is 0.429. The van der Waals surface area contributed by atoms with Gasteiger partial charge in [0.2, 0.25) is 0 Å². The molecule has 2 N–H and O–H groups in total. The zero-order valence-electron chi connectivity index (χ0n) is 11.0. The van der Waals surface area contributed by atoms with E-state index in [2.05, 4.69) is 6.92 Å².